The second kappa shape index (κ2) is 8.58. The molecule has 0 aliphatic carbocycles. The van der Waals surface area contributed by atoms with Crippen LogP contribution < -0.4 is 10.6 Å². The van der Waals surface area contributed by atoms with Crippen LogP contribution in [0.1, 0.15) is 43.0 Å². The van der Waals surface area contributed by atoms with Crippen LogP contribution in [0.15, 0.2) is 22.7 Å². The number of carbonyl (C=O) groups excluding carboxylic acids is 1. The van der Waals surface area contributed by atoms with Crippen molar-refractivity contribution in [1.29, 1.82) is 0 Å². The lowest BCUT2D eigenvalue weighted by Gasteiger charge is -2.08. The van der Waals surface area contributed by atoms with Gasteiger partial charge in [-0.05, 0) is 24.6 Å². The Morgan fingerprint density at radius 2 is 1.95 bits per heavy atom. The lowest BCUT2D eigenvalue weighted by molar-refractivity contribution is 0.0697. The number of hydrogen-bond acceptors (Lipinski definition) is 2. The first-order valence-corrected chi connectivity index (χ1v) is 7.41. The van der Waals surface area contributed by atoms with Gasteiger partial charge in [0.2, 0.25) is 0 Å². The predicted molar refractivity (Wildman–Crippen MR) is 82.3 cm³/mol. The van der Waals surface area contributed by atoms with E-state index in [9.17, 15) is 9.59 Å². The predicted octanol–water partition coefficient (Wildman–Crippen LogP) is 3.85. The first kappa shape index (κ1) is 16.5. The van der Waals surface area contributed by atoms with Crippen molar-refractivity contribution in [2.24, 2.45) is 0 Å². The molecule has 0 aliphatic heterocycles. The zero-order valence-corrected chi connectivity index (χ0v) is 13.0. The summed E-state index contributed by atoms with van der Waals surface area (Å²) >= 11 is 3.22. The minimum absolute atomic E-state index is 0.123. The number of carboxylic acids is 1. The minimum atomic E-state index is -1.03. The fourth-order valence-corrected chi connectivity index (χ4v) is 2.21. The average molecular weight is 343 g/mol. The number of carboxylic acid groups (broad SMARTS) is 1. The highest BCUT2D eigenvalue weighted by Gasteiger charge is 2.08. The first-order chi connectivity index (χ1) is 9.52. The van der Waals surface area contributed by atoms with Crippen molar-refractivity contribution < 1.29 is 14.7 Å². The number of amides is 2. The summed E-state index contributed by atoms with van der Waals surface area (Å²) in [6, 6.07) is 4.24. The van der Waals surface area contributed by atoms with E-state index in [1.807, 2.05) is 0 Å². The zero-order chi connectivity index (χ0) is 15.0. The third-order valence-corrected chi connectivity index (χ3v) is 3.18. The molecule has 5 nitrogen and oxygen atoms in total. The van der Waals surface area contributed by atoms with E-state index in [-0.39, 0.29) is 11.6 Å². The zero-order valence-electron chi connectivity index (χ0n) is 11.4. The number of hydrogen-bond donors (Lipinski definition) is 3. The molecule has 2 amide bonds. The highest BCUT2D eigenvalue weighted by molar-refractivity contribution is 9.10. The average Bonchev–Trinajstić information content (AvgIpc) is 2.37. The molecular weight excluding hydrogens is 324 g/mol. The number of rotatable bonds is 7. The van der Waals surface area contributed by atoms with Crippen molar-refractivity contribution >= 4 is 33.6 Å². The van der Waals surface area contributed by atoms with Crippen LogP contribution in [0.25, 0.3) is 0 Å². The number of aromatic carboxylic acids is 1. The quantitative estimate of drug-likeness (QED) is 0.658. The van der Waals surface area contributed by atoms with Gasteiger partial charge in [0.05, 0.1) is 5.56 Å². The van der Waals surface area contributed by atoms with Crippen LogP contribution in [0.4, 0.5) is 10.5 Å². The maximum absolute atomic E-state index is 11.7. The number of carbonyl (C=O) groups is 2. The van der Waals surface area contributed by atoms with Crippen molar-refractivity contribution in [3.8, 4) is 0 Å². The van der Waals surface area contributed by atoms with Crippen molar-refractivity contribution in [2.75, 3.05) is 11.9 Å². The molecule has 1 aromatic rings. The monoisotopic (exact) mass is 342 g/mol. The summed E-state index contributed by atoms with van der Waals surface area (Å²) < 4.78 is 0.607. The molecule has 0 radical (unpaired) electrons. The molecule has 0 bridgehead atoms. The lowest BCUT2D eigenvalue weighted by Crippen LogP contribution is -2.29. The van der Waals surface area contributed by atoms with Gasteiger partial charge in [0, 0.05) is 16.7 Å². The van der Waals surface area contributed by atoms with Crippen LogP contribution in [0.5, 0.6) is 0 Å². The van der Waals surface area contributed by atoms with Crippen LogP contribution in [-0.2, 0) is 0 Å². The van der Waals surface area contributed by atoms with Gasteiger partial charge in [-0.25, -0.2) is 9.59 Å². The molecule has 6 heteroatoms. The maximum Gasteiger partial charge on any atom is 0.335 e. The summed E-state index contributed by atoms with van der Waals surface area (Å²) in [6.07, 6.45) is 4.36. The highest BCUT2D eigenvalue weighted by atomic mass is 79.9. The van der Waals surface area contributed by atoms with Gasteiger partial charge in [0.15, 0.2) is 0 Å². The van der Waals surface area contributed by atoms with Gasteiger partial charge in [0.25, 0.3) is 0 Å². The molecule has 0 saturated carbocycles. The molecule has 1 rings (SSSR count). The Bertz CT molecular complexity index is 477. The van der Waals surface area contributed by atoms with Gasteiger partial charge < -0.3 is 15.7 Å². The molecular formula is C14H19BrN2O3. The molecule has 110 valence electrons. The van der Waals surface area contributed by atoms with Crippen molar-refractivity contribution in [3.05, 3.63) is 28.2 Å². The lowest BCUT2D eigenvalue weighted by atomic mass is 10.2. The molecule has 0 unspecified atom stereocenters. The Kier molecular flexibility index (Phi) is 7.08. The highest BCUT2D eigenvalue weighted by Crippen LogP contribution is 2.19. The van der Waals surface area contributed by atoms with Gasteiger partial charge >= 0.3 is 12.0 Å². The molecule has 20 heavy (non-hydrogen) atoms. The van der Waals surface area contributed by atoms with Gasteiger partial charge in [-0.1, -0.05) is 42.1 Å². The van der Waals surface area contributed by atoms with Gasteiger partial charge in [0.1, 0.15) is 0 Å². The van der Waals surface area contributed by atoms with Crippen LogP contribution in [0, 0.1) is 0 Å². The van der Waals surface area contributed by atoms with E-state index in [1.54, 1.807) is 6.07 Å². The third-order valence-electron chi connectivity index (χ3n) is 2.72. The SMILES string of the molecule is CCCCCCNC(=O)Nc1cc(Br)cc(C(=O)O)c1. The Morgan fingerprint density at radius 3 is 2.60 bits per heavy atom. The molecule has 3 N–H and O–H groups in total. The summed E-state index contributed by atoms with van der Waals surface area (Å²) in [5, 5.41) is 14.3. The number of unbranched alkanes of at least 4 members (excludes halogenated alkanes) is 3. The second-order valence-corrected chi connectivity index (χ2v) is 5.39. The normalized spacial score (nSPS) is 10.1. The van der Waals surface area contributed by atoms with E-state index in [0.29, 0.717) is 16.7 Å². The van der Waals surface area contributed by atoms with E-state index in [2.05, 4.69) is 33.5 Å². The summed E-state index contributed by atoms with van der Waals surface area (Å²) in [4.78, 5) is 22.6. The Balaban J connectivity index is 2.47. The molecule has 0 aliphatic rings. The third kappa shape index (κ3) is 6.06. The summed E-state index contributed by atoms with van der Waals surface area (Å²) in [5.74, 6) is -1.03. The fraction of sp³-hybridized carbons (Fsp3) is 0.429. The number of benzene rings is 1. The van der Waals surface area contributed by atoms with Crippen LogP contribution in [0.3, 0.4) is 0 Å². The Morgan fingerprint density at radius 1 is 1.20 bits per heavy atom. The summed E-state index contributed by atoms with van der Waals surface area (Å²) in [7, 11) is 0. The van der Waals surface area contributed by atoms with E-state index in [4.69, 9.17) is 5.11 Å². The van der Waals surface area contributed by atoms with E-state index in [1.165, 1.54) is 12.1 Å². The number of nitrogens with one attached hydrogen (secondary N) is 2. The molecule has 0 heterocycles. The molecule has 0 fully saturated rings. The van der Waals surface area contributed by atoms with Crippen molar-refractivity contribution in [3.63, 3.8) is 0 Å². The minimum Gasteiger partial charge on any atom is -0.478 e. The number of halogens is 1. The van der Waals surface area contributed by atoms with Crippen LogP contribution >= 0.6 is 15.9 Å². The van der Waals surface area contributed by atoms with E-state index < -0.39 is 5.97 Å². The van der Waals surface area contributed by atoms with E-state index in [0.717, 1.165) is 25.7 Å². The molecule has 1 aromatic carbocycles. The summed E-state index contributed by atoms with van der Waals surface area (Å²) in [5.41, 5.74) is 0.570. The van der Waals surface area contributed by atoms with E-state index >= 15 is 0 Å². The van der Waals surface area contributed by atoms with Crippen LogP contribution in [-0.4, -0.2) is 23.7 Å². The number of urea groups is 1. The molecule has 0 saturated heterocycles. The second-order valence-electron chi connectivity index (χ2n) is 4.48. The Labute approximate surface area is 126 Å². The van der Waals surface area contributed by atoms with Gasteiger partial charge in [-0.2, -0.15) is 0 Å². The topological polar surface area (TPSA) is 78.4 Å². The fourth-order valence-electron chi connectivity index (χ4n) is 1.71. The van der Waals surface area contributed by atoms with Gasteiger partial charge in [-0.3, -0.25) is 0 Å². The number of anilines is 1. The Hall–Kier alpha value is -1.56. The smallest absolute Gasteiger partial charge is 0.335 e. The molecule has 0 spiro atoms. The molecule has 0 atom stereocenters. The van der Waals surface area contributed by atoms with Crippen molar-refractivity contribution in [1.82, 2.24) is 5.32 Å². The molecule has 0 aromatic heterocycles. The van der Waals surface area contributed by atoms with Crippen molar-refractivity contribution in [2.45, 2.75) is 32.6 Å². The standard InChI is InChI=1S/C14H19BrN2O3/c1-2-3-4-5-6-16-14(20)17-12-8-10(13(18)19)7-11(15)9-12/h7-9H,2-6H2,1H3,(H,18,19)(H2,16,17,20). The first-order valence-electron chi connectivity index (χ1n) is 6.61. The maximum atomic E-state index is 11.7. The van der Waals surface area contributed by atoms with Crippen LogP contribution in [0.2, 0.25) is 0 Å². The largest absolute Gasteiger partial charge is 0.478 e. The van der Waals surface area contributed by atoms with Gasteiger partial charge in [-0.15, -0.1) is 0 Å². The summed E-state index contributed by atoms with van der Waals surface area (Å²) in [6.45, 7) is 2.75.